The molecule has 0 aromatic rings. The molecule has 0 atom stereocenters. The molecule has 0 rings (SSSR count). The monoisotopic (exact) mass is 614 g/mol. The molecule has 0 aliphatic carbocycles. The first kappa shape index (κ1) is 43.3. The van der Waals surface area contributed by atoms with Crippen LogP contribution in [0.2, 0.25) is 0 Å². The van der Waals surface area contributed by atoms with Gasteiger partial charge in [0.15, 0.2) is 0 Å². The summed E-state index contributed by atoms with van der Waals surface area (Å²) in [6.45, 7) is 16.6. The van der Waals surface area contributed by atoms with Crippen LogP contribution in [0.15, 0.2) is 0 Å². The Kier molecular flexibility index (Phi) is 75.2. The van der Waals surface area contributed by atoms with Gasteiger partial charge in [-0.1, -0.05) is 20.8 Å². The molecule has 91 valence electrons. The van der Waals surface area contributed by atoms with E-state index in [1.54, 1.807) is 0 Å². The Labute approximate surface area is 237 Å². The molecule has 0 aliphatic heterocycles. The van der Waals surface area contributed by atoms with Gasteiger partial charge in [-0.15, -0.1) is 0 Å². The molecule has 5 heteroatoms. The maximum absolute atomic E-state index is 3.76. The maximum atomic E-state index is 3.76. The van der Waals surface area contributed by atoms with E-state index in [0.29, 0.717) is 5.41 Å². The molecular weight excluding hydrogens is 589 g/mol. The van der Waals surface area contributed by atoms with Gasteiger partial charge in [0.1, 0.15) is 0 Å². The van der Waals surface area contributed by atoms with Crippen molar-refractivity contribution in [1.82, 2.24) is 0 Å². The zero-order chi connectivity index (χ0) is 10.2. The van der Waals surface area contributed by atoms with Crippen molar-refractivity contribution >= 4 is 0 Å². The van der Waals surface area contributed by atoms with Crippen molar-refractivity contribution in [3.63, 3.8) is 0 Å². The zero-order valence-corrected chi connectivity index (χ0v) is 26.8. The van der Waals surface area contributed by atoms with Crippen LogP contribution in [0.5, 0.6) is 0 Å². The average Bonchev–Trinajstić information content (AvgIpc) is 1.80. The summed E-state index contributed by atoms with van der Waals surface area (Å²) in [5.41, 5.74) is 0.387. The number of rotatable bonds is 2. The molecule has 0 nitrogen and oxygen atoms in total. The van der Waals surface area contributed by atoms with E-state index >= 15 is 0 Å². The predicted molar refractivity (Wildman–Crippen MR) is 58.6 cm³/mol. The van der Waals surface area contributed by atoms with E-state index in [2.05, 4.69) is 54.9 Å². The van der Waals surface area contributed by atoms with Gasteiger partial charge in [0, 0.05) is 164 Å². The van der Waals surface area contributed by atoms with Crippen LogP contribution in [-0.2, 0) is 164 Å². The summed E-state index contributed by atoms with van der Waals surface area (Å²) >= 11 is 0. The molecule has 17 heavy (non-hydrogen) atoms. The van der Waals surface area contributed by atoms with E-state index in [-0.39, 0.29) is 164 Å². The van der Waals surface area contributed by atoms with Gasteiger partial charge in [-0.2, -0.15) is 26.2 Å². The molecule has 0 fully saturated rings. The van der Waals surface area contributed by atoms with E-state index < -0.39 is 0 Å². The summed E-state index contributed by atoms with van der Waals surface area (Å²) in [4.78, 5) is 0. The quantitative estimate of drug-likeness (QED) is 0.404. The average molecular weight is 614 g/mol. The molecule has 0 heterocycles. The first-order chi connectivity index (χ1) is 5.29. The Morgan fingerprint density at radius 1 is 0.882 bits per heavy atom. The number of unbranched alkanes of at least 4 members (excludes halogenated alkanes) is 1. The Morgan fingerprint density at radius 3 is 1.18 bits per heavy atom. The van der Waals surface area contributed by atoms with Crippen molar-refractivity contribution in [1.29, 1.82) is 0 Å². The van der Waals surface area contributed by atoms with E-state index in [1.165, 1.54) is 5.92 Å². The van der Waals surface area contributed by atoms with Crippen LogP contribution >= 0.6 is 0 Å². The molecule has 0 amide bonds. The fraction of sp³-hybridized carbons (Fsp3) is 0.750. The van der Waals surface area contributed by atoms with Crippen molar-refractivity contribution < 1.29 is 164 Å². The summed E-state index contributed by atoms with van der Waals surface area (Å²) in [6, 6.07) is 0. The van der Waals surface area contributed by atoms with Crippen molar-refractivity contribution in [2.24, 2.45) is 5.41 Å². The smallest absolute Gasteiger partial charge is 0 e. The third-order valence-electron chi connectivity index (χ3n) is 0.961. The molecule has 0 bridgehead atoms. The van der Waals surface area contributed by atoms with Gasteiger partial charge in [0.2, 0.25) is 0 Å². The second-order valence-corrected chi connectivity index (χ2v) is 4.71. The molecule has 0 saturated carbocycles. The molecule has 0 N–H and O–H groups in total. The predicted octanol–water partition coefficient (Wildman–Crippen LogP) is 4.46. The van der Waals surface area contributed by atoms with Crippen LogP contribution in [0.4, 0.5) is 0 Å². The summed E-state index contributed by atoms with van der Waals surface area (Å²) in [6.07, 6.45) is 4.47. The summed E-state index contributed by atoms with van der Waals surface area (Å²) in [7, 11) is 0. The van der Waals surface area contributed by atoms with Crippen molar-refractivity contribution in [2.45, 2.75) is 54.4 Å². The summed E-state index contributed by atoms with van der Waals surface area (Å²) in [5.74, 6) is 1.42. The van der Waals surface area contributed by atoms with Crippen LogP contribution in [0.3, 0.4) is 0 Å². The third kappa shape index (κ3) is 74.1. The standard InChI is InChI=1S/C8H16.C4H9.5Y/c1-5-6-7-8(2,3)4;1-4(2)3;;;;;/h7H,1,5-6H2,2-4H3;1-3H3;;;;;/q-2;-1;;;;;. The van der Waals surface area contributed by atoms with Crippen LogP contribution in [-0.4, -0.2) is 0 Å². The minimum Gasteiger partial charge on any atom is -0.346 e. The molecule has 0 unspecified atom stereocenters. The summed E-state index contributed by atoms with van der Waals surface area (Å²) in [5, 5.41) is 0. The van der Waals surface area contributed by atoms with Crippen molar-refractivity contribution in [2.75, 3.05) is 0 Å². The van der Waals surface area contributed by atoms with E-state index in [4.69, 9.17) is 0 Å². The first-order valence-electron chi connectivity index (χ1n) is 4.70. The largest absolute Gasteiger partial charge is 0.346 e. The Hall–Kier alpha value is 5.52. The number of hydrogen-bond acceptors (Lipinski definition) is 0. The van der Waals surface area contributed by atoms with Crippen LogP contribution in [0.25, 0.3) is 0 Å². The topological polar surface area (TPSA) is 0 Å². The first-order valence-corrected chi connectivity index (χ1v) is 4.70. The van der Waals surface area contributed by atoms with Crippen LogP contribution < -0.4 is 0 Å². The second kappa shape index (κ2) is 29.5. The van der Waals surface area contributed by atoms with Gasteiger partial charge in [-0.3, -0.25) is 0 Å². The SMILES string of the molecule is C[C-](C)C.[CH2-]CC[CH-]C(C)(C)C.[Y].[Y].[Y].[Y].[Y]. The summed E-state index contributed by atoms with van der Waals surface area (Å²) < 4.78 is 0. The van der Waals surface area contributed by atoms with Gasteiger partial charge < -0.3 is 19.3 Å². The zero-order valence-electron chi connectivity index (χ0n) is 12.6. The fourth-order valence-electron chi connectivity index (χ4n) is 0.535. The molecule has 5 radical (unpaired) electrons. The maximum Gasteiger partial charge on any atom is 0 e. The van der Waals surface area contributed by atoms with Gasteiger partial charge in [0.05, 0.1) is 0 Å². The molecule has 0 spiro atoms. The number of hydrogen-bond donors (Lipinski definition) is 0. The van der Waals surface area contributed by atoms with Gasteiger partial charge in [-0.05, 0) is 0 Å². The van der Waals surface area contributed by atoms with Gasteiger partial charge in [-0.25, -0.2) is 12.8 Å². The van der Waals surface area contributed by atoms with E-state index in [0.717, 1.165) is 12.8 Å². The molecule has 0 aliphatic rings. The van der Waals surface area contributed by atoms with Gasteiger partial charge >= 0.3 is 0 Å². The minimum absolute atomic E-state index is 0. The van der Waals surface area contributed by atoms with Crippen molar-refractivity contribution in [3.05, 3.63) is 19.3 Å². The molecular formula is C12H25Y5-3. The minimum atomic E-state index is 0. The van der Waals surface area contributed by atoms with E-state index in [9.17, 15) is 0 Å². The second-order valence-electron chi connectivity index (χ2n) is 4.71. The molecule has 0 aromatic carbocycles. The Balaban J connectivity index is -0.0000000202. The van der Waals surface area contributed by atoms with E-state index in [1.807, 2.05) is 0 Å². The Morgan fingerprint density at radius 2 is 1.12 bits per heavy atom. The van der Waals surface area contributed by atoms with Crippen LogP contribution in [0, 0.1) is 24.7 Å². The fourth-order valence-corrected chi connectivity index (χ4v) is 0.535. The molecule has 0 saturated heterocycles. The van der Waals surface area contributed by atoms with Crippen LogP contribution in [0.1, 0.15) is 54.4 Å². The normalized spacial score (nSPS) is 7.76. The third-order valence-corrected chi connectivity index (χ3v) is 0.961. The molecule has 0 aromatic heterocycles. The van der Waals surface area contributed by atoms with Gasteiger partial charge in [0.25, 0.3) is 0 Å². The Bertz CT molecular complexity index is 86.6. The van der Waals surface area contributed by atoms with Crippen molar-refractivity contribution in [3.8, 4) is 0 Å².